The summed E-state index contributed by atoms with van der Waals surface area (Å²) in [6, 6.07) is 0. The number of hydrogen-bond donors (Lipinski definition) is 1. The van der Waals surface area contributed by atoms with Crippen LogP contribution in [0.5, 0.6) is 0 Å². The first-order valence-electron chi connectivity index (χ1n) is 3.32. The molecule has 1 atom stereocenters. The minimum absolute atomic E-state index is 0.0223. The third-order valence-electron chi connectivity index (χ3n) is 1.59. The van der Waals surface area contributed by atoms with Gasteiger partial charge in [-0.3, -0.25) is 0 Å². The summed E-state index contributed by atoms with van der Waals surface area (Å²) < 4.78 is 4.85. The van der Waals surface area contributed by atoms with E-state index in [2.05, 4.69) is 0 Å². The molecule has 1 unspecified atom stereocenters. The Morgan fingerprint density at radius 1 is 1.90 bits per heavy atom. The molecule has 0 bridgehead atoms. The first-order chi connectivity index (χ1) is 4.77. The summed E-state index contributed by atoms with van der Waals surface area (Å²) in [5.74, 6) is -0.380. The van der Waals surface area contributed by atoms with Crippen molar-refractivity contribution in [2.75, 3.05) is 0 Å². The molecule has 0 amide bonds. The third-order valence-corrected chi connectivity index (χ3v) is 1.59. The molecule has 0 aromatic carbocycles. The number of aliphatic hydroxyl groups excluding tert-OH is 1. The number of hydrogen-bond acceptors (Lipinski definition) is 3. The van der Waals surface area contributed by atoms with Crippen molar-refractivity contribution in [1.29, 1.82) is 0 Å². The van der Waals surface area contributed by atoms with Gasteiger partial charge in [-0.15, -0.1) is 0 Å². The second-order valence-corrected chi connectivity index (χ2v) is 2.29. The number of carbonyl (C=O) groups is 1. The fourth-order valence-electron chi connectivity index (χ4n) is 0.930. The highest BCUT2D eigenvalue weighted by atomic mass is 16.5. The van der Waals surface area contributed by atoms with E-state index < -0.39 is 0 Å². The van der Waals surface area contributed by atoms with Crippen molar-refractivity contribution >= 4 is 5.97 Å². The van der Waals surface area contributed by atoms with Crippen LogP contribution in [0.3, 0.4) is 0 Å². The molecule has 1 N–H and O–H groups in total. The Balaban J connectivity index is 2.61. The van der Waals surface area contributed by atoms with E-state index in [-0.39, 0.29) is 12.1 Å². The zero-order valence-electron chi connectivity index (χ0n) is 5.83. The van der Waals surface area contributed by atoms with Crippen molar-refractivity contribution in [3.05, 3.63) is 11.8 Å². The van der Waals surface area contributed by atoms with E-state index in [0.717, 1.165) is 12.7 Å². The van der Waals surface area contributed by atoms with Crippen LogP contribution in [0.15, 0.2) is 11.8 Å². The standard InChI is InChI=1S/C7H10O3/c1-2-6-3-5(4-8)7(9)10-6/h4,6,8H,2-3H2,1H3/b5-4+. The molecule has 0 spiro atoms. The number of cyclic esters (lactones) is 1. The number of rotatable bonds is 1. The topological polar surface area (TPSA) is 46.5 Å². The first kappa shape index (κ1) is 7.12. The fourth-order valence-corrected chi connectivity index (χ4v) is 0.930. The highest BCUT2D eigenvalue weighted by molar-refractivity contribution is 5.90. The molecule has 0 aromatic heterocycles. The maximum atomic E-state index is 10.7. The average Bonchev–Trinajstić information content (AvgIpc) is 2.30. The van der Waals surface area contributed by atoms with Crippen LogP contribution >= 0.6 is 0 Å². The second kappa shape index (κ2) is 2.73. The molecule has 0 radical (unpaired) electrons. The van der Waals surface area contributed by atoms with Crippen molar-refractivity contribution in [2.24, 2.45) is 0 Å². The van der Waals surface area contributed by atoms with Gasteiger partial charge in [0.05, 0.1) is 11.8 Å². The maximum absolute atomic E-state index is 10.7. The normalized spacial score (nSPS) is 29.1. The number of ether oxygens (including phenoxy) is 1. The van der Waals surface area contributed by atoms with Gasteiger partial charge >= 0.3 is 5.97 Å². The van der Waals surface area contributed by atoms with E-state index >= 15 is 0 Å². The van der Waals surface area contributed by atoms with Gasteiger partial charge in [0.15, 0.2) is 0 Å². The zero-order chi connectivity index (χ0) is 7.56. The molecule has 3 heteroatoms. The predicted molar refractivity (Wildman–Crippen MR) is 35.5 cm³/mol. The highest BCUT2D eigenvalue weighted by Crippen LogP contribution is 2.21. The predicted octanol–water partition coefficient (Wildman–Crippen LogP) is 1.15. The number of esters is 1. The summed E-state index contributed by atoms with van der Waals surface area (Å²) in [6.45, 7) is 1.94. The van der Waals surface area contributed by atoms with Gasteiger partial charge in [-0.05, 0) is 6.42 Å². The second-order valence-electron chi connectivity index (χ2n) is 2.29. The van der Waals surface area contributed by atoms with E-state index in [1.165, 1.54) is 0 Å². The van der Waals surface area contributed by atoms with E-state index in [4.69, 9.17) is 9.84 Å². The molecule has 56 valence electrons. The van der Waals surface area contributed by atoms with Gasteiger partial charge in [-0.2, -0.15) is 0 Å². The highest BCUT2D eigenvalue weighted by Gasteiger charge is 2.27. The Morgan fingerprint density at radius 2 is 2.60 bits per heavy atom. The number of carbonyl (C=O) groups excluding carboxylic acids is 1. The molecule has 1 fully saturated rings. The molecule has 10 heavy (non-hydrogen) atoms. The summed E-state index contributed by atoms with van der Waals surface area (Å²) in [5.41, 5.74) is 0.381. The van der Waals surface area contributed by atoms with Gasteiger partial charge in [-0.25, -0.2) is 4.79 Å². The van der Waals surface area contributed by atoms with Crippen LogP contribution in [0.2, 0.25) is 0 Å². The Morgan fingerprint density at radius 3 is 2.90 bits per heavy atom. The van der Waals surface area contributed by atoms with Crippen molar-refractivity contribution < 1.29 is 14.6 Å². The molecule has 1 saturated heterocycles. The lowest BCUT2D eigenvalue weighted by molar-refractivity contribution is -0.138. The Bertz CT molecular complexity index is 172. The molecule has 1 rings (SSSR count). The largest absolute Gasteiger partial charge is 0.515 e. The summed E-state index contributed by atoms with van der Waals surface area (Å²) >= 11 is 0. The average molecular weight is 142 g/mol. The smallest absolute Gasteiger partial charge is 0.337 e. The lowest BCUT2D eigenvalue weighted by atomic mass is 10.1. The van der Waals surface area contributed by atoms with Gasteiger partial charge in [0.25, 0.3) is 0 Å². The lowest BCUT2D eigenvalue weighted by Crippen LogP contribution is -2.03. The Hall–Kier alpha value is -0.990. The summed E-state index contributed by atoms with van der Waals surface area (Å²) in [4.78, 5) is 10.7. The Kier molecular flexibility index (Phi) is 1.94. The Labute approximate surface area is 59.3 Å². The van der Waals surface area contributed by atoms with Crippen molar-refractivity contribution in [1.82, 2.24) is 0 Å². The van der Waals surface area contributed by atoms with Crippen LogP contribution in [0.25, 0.3) is 0 Å². The van der Waals surface area contributed by atoms with E-state index in [1.807, 2.05) is 6.92 Å². The summed E-state index contributed by atoms with van der Waals surface area (Å²) in [7, 11) is 0. The summed E-state index contributed by atoms with van der Waals surface area (Å²) in [5, 5.41) is 8.49. The van der Waals surface area contributed by atoms with E-state index in [0.29, 0.717) is 12.0 Å². The van der Waals surface area contributed by atoms with Gasteiger partial charge in [0, 0.05) is 6.42 Å². The van der Waals surface area contributed by atoms with Gasteiger partial charge < -0.3 is 9.84 Å². The van der Waals surface area contributed by atoms with Crippen LogP contribution in [0.1, 0.15) is 19.8 Å². The number of aliphatic hydroxyl groups is 1. The first-order valence-corrected chi connectivity index (χ1v) is 3.32. The minimum Gasteiger partial charge on any atom is -0.515 e. The SMILES string of the molecule is CCC1C/C(=C\O)C(=O)O1. The molecule has 3 nitrogen and oxygen atoms in total. The monoisotopic (exact) mass is 142 g/mol. The molecule has 0 aromatic rings. The molecular formula is C7H10O3. The quantitative estimate of drug-likeness (QED) is 0.339. The van der Waals surface area contributed by atoms with Crippen molar-refractivity contribution in [2.45, 2.75) is 25.9 Å². The molecule has 0 saturated carbocycles. The molecule has 1 heterocycles. The minimum atomic E-state index is -0.380. The molecule has 1 aliphatic heterocycles. The lowest BCUT2D eigenvalue weighted by Gasteiger charge is -2.01. The van der Waals surface area contributed by atoms with Crippen LogP contribution < -0.4 is 0 Å². The van der Waals surface area contributed by atoms with Crippen molar-refractivity contribution in [3.63, 3.8) is 0 Å². The molecular weight excluding hydrogens is 132 g/mol. The third kappa shape index (κ3) is 1.12. The van der Waals surface area contributed by atoms with Crippen LogP contribution in [-0.4, -0.2) is 17.2 Å². The molecule has 0 aliphatic carbocycles. The van der Waals surface area contributed by atoms with Crippen LogP contribution in [-0.2, 0) is 9.53 Å². The van der Waals surface area contributed by atoms with Gasteiger partial charge in [-0.1, -0.05) is 6.92 Å². The van der Waals surface area contributed by atoms with Crippen LogP contribution in [0.4, 0.5) is 0 Å². The van der Waals surface area contributed by atoms with Crippen molar-refractivity contribution in [3.8, 4) is 0 Å². The van der Waals surface area contributed by atoms with Crippen LogP contribution in [0, 0.1) is 0 Å². The zero-order valence-corrected chi connectivity index (χ0v) is 5.83. The molecule has 1 aliphatic rings. The fraction of sp³-hybridized carbons (Fsp3) is 0.571. The maximum Gasteiger partial charge on any atom is 0.337 e. The van der Waals surface area contributed by atoms with E-state index in [1.54, 1.807) is 0 Å². The van der Waals surface area contributed by atoms with Gasteiger partial charge in [0.1, 0.15) is 6.10 Å². The summed E-state index contributed by atoms with van der Waals surface area (Å²) in [6.07, 6.45) is 2.17. The van der Waals surface area contributed by atoms with Gasteiger partial charge in [0.2, 0.25) is 0 Å². The van der Waals surface area contributed by atoms with E-state index in [9.17, 15) is 4.79 Å².